The van der Waals surface area contributed by atoms with Crippen LogP contribution in [0.1, 0.15) is 42.9 Å². The highest BCUT2D eigenvalue weighted by atomic mass is 32.1. The van der Waals surface area contributed by atoms with Crippen molar-refractivity contribution in [3.8, 4) is 0 Å². The molecule has 2 heterocycles. The summed E-state index contributed by atoms with van der Waals surface area (Å²) < 4.78 is 1.82. The number of aromatic nitrogens is 2. The van der Waals surface area contributed by atoms with Crippen molar-refractivity contribution in [2.45, 2.75) is 38.8 Å². The van der Waals surface area contributed by atoms with Crippen LogP contribution in [0.5, 0.6) is 0 Å². The SMILES string of the molecule is Cn1cc(C(CO)NCc2cccs2)c(C(C)(C)C)n1. The Kier molecular flexibility index (Phi) is 4.62. The maximum atomic E-state index is 9.71. The molecule has 110 valence electrons. The number of aryl methyl sites for hydroxylation is 1. The summed E-state index contributed by atoms with van der Waals surface area (Å²) in [6.07, 6.45) is 2.00. The van der Waals surface area contributed by atoms with Gasteiger partial charge in [-0.3, -0.25) is 4.68 Å². The molecule has 2 aromatic rings. The van der Waals surface area contributed by atoms with Gasteiger partial charge in [-0.15, -0.1) is 11.3 Å². The molecule has 1 atom stereocenters. The Bertz CT molecular complexity index is 540. The van der Waals surface area contributed by atoms with Gasteiger partial charge in [0.2, 0.25) is 0 Å². The van der Waals surface area contributed by atoms with Crippen LogP contribution >= 0.6 is 11.3 Å². The molecule has 0 radical (unpaired) electrons. The van der Waals surface area contributed by atoms with Crippen LogP contribution in [0.2, 0.25) is 0 Å². The van der Waals surface area contributed by atoms with Crippen molar-refractivity contribution in [1.29, 1.82) is 0 Å². The molecule has 0 aliphatic rings. The Morgan fingerprint density at radius 3 is 2.75 bits per heavy atom. The number of thiophene rings is 1. The maximum absolute atomic E-state index is 9.71. The van der Waals surface area contributed by atoms with Crippen LogP contribution < -0.4 is 5.32 Å². The molecule has 5 heteroatoms. The Balaban J connectivity index is 2.19. The van der Waals surface area contributed by atoms with Crippen LogP contribution in [0.25, 0.3) is 0 Å². The molecule has 0 spiro atoms. The smallest absolute Gasteiger partial charge is 0.0726 e. The lowest BCUT2D eigenvalue weighted by atomic mass is 9.87. The Morgan fingerprint density at radius 1 is 1.45 bits per heavy atom. The normalized spacial score (nSPS) is 13.7. The van der Waals surface area contributed by atoms with Crippen molar-refractivity contribution < 1.29 is 5.11 Å². The third-order valence-corrected chi connectivity index (χ3v) is 4.10. The van der Waals surface area contributed by atoms with Gasteiger partial charge in [0, 0.05) is 35.6 Å². The molecule has 0 amide bonds. The van der Waals surface area contributed by atoms with Gasteiger partial charge in [-0.2, -0.15) is 5.10 Å². The van der Waals surface area contributed by atoms with Gasteiger partial charge < -0.3 is 10.4 Å². The first kappa shape index (κ1) is 15.2. The molecule has 2 N–H and O–H groups in total. The van der Waals surface area contributed by atoms with Crippen molar-refractivity contribution in [2.24, 2.45) is 7.05 Å². The van der Waals surface area contributed by atoms with Gasteiger partial charge in [-0.25, -0.2) is 0 Å². The minimum atomic E-state index is -0.0833. The van der Waals surface area contributed by atoms with Gasteiger partial charge in [0.05, 0.1) is 18.3 Å². The number of nitrogens with zero attached hydrogens (tertiary/aromatic N) is 2. The van der Waals surface area contributed by atoms with Crippen molar-refractivity contribution >= 4 is 11.3 Å². The quantitative estimate of drug-likeness (QED) is 0.891. The fourth-order valence-corrected chi connectivity index (χ4v) is 2.91. The lowest BCUT2D eigenvalue weighted by molar-refractivity contribution is 0.242. The van der Waals surface area contributed by atoms with E-state index < -0.39 is 0 Å². The van der Waals surface area contributed by atoms with Crippen LogP contribution in [0, 0.1) is 0 Å². The average molecular weight is 293 g/mol. The predicted molar refractivity (Wildman–Crippen MR) is 82.9 cm³/mol. The molecule has 0 aromatic carbocycles. The molecular formula is C15H23N3OS. The van der Waals surface area contributed by atoms with Crippen LogP contribution in [0.3, 0.4) is 0 Å². The first-order valence-electron chi connectivity index (χ1n) is 6.82. The highest BCUT2D eigenvalue weighted by molar-refractivity contribution is 7.09. The molecule has 0 bridgehead atoms. The fourth-order valence-electron chi connectivity index (χ4n) is 2.25. The van der Waals surface area contributed by atoms with Gasteiger partial charge in [0.25, 0.3) is 0 Å². The van der Waals surface area contributed by atoms with Gasteiger partial charge in [-0.05, 0) is 11.4 Å². The van der Waals surface area contributed by atoms with E-state index in [1.807, 2.05) is 24.0 Å². The van der Waals surface area contributed by atoms with E-state index in [1.54, 1.807) is 11.3 Å². The van der Waals surface area contributed by atoms with E-state index in [0.29, 0.717) is 0 Å². The summed E-state index contributed by atoms with van der Waals surface area (Å²) in [5, 5.41) is 19.8. The van der Waals surface area contributed by atoms with E-state index >= 15 is 0 Å². The van der Waals surface area contributed by atoms with Crippen LogP contribution in [-0.2, 0) is 19.0 Å². The predicted octanol–water partition coefficient (Wildman–Crippen LogP) is 2.60. The van der Waals surface area contributed by atoms with E-state index in [1.165, 1.54) is 4.88 Å². The Labute approximate surface area is 124 Å². The molecule has 2 rings (SSSR count). The Morgan fingerprint density at radius 2 is 2.20 bits per heavy atom. The molecule has 0 saturated carbocycles. The second kappa shape index (κ2) is 6.08. The molecule has 0 aliphatic carbocycles. The lowest BCUT2D eigenvalue weighted by Crippen LogP contribution is -2.26. The standard InChI is InChI=1S/C15H23N3OS/c1-15(2,3)14-12(9-18(4)17-14)13(10-19)16-8-11-6-5-7-20-11/h5-7,9,13,16,19H,8,10H2,1-4H3. The number of hydrogen-bond acceptors (Lipinski definition) is 4. The zero-order chi connectivity index (χ0) is 14.8. The maximum Gasteiger partial charge on any atom is 0.0726 e. The van der Waals surface area contributed by atoms with Crippen molar-refractivity contribution in [3.05, 3.63) is 39.8 Å². The molecule has 20 heavy (non-hydrogen) atoms. The van der Waals surface area contributed by atoms with Gasteiger partial charge in [0.15, 0.2) is 0 Å². The van der Waals surface area contributed by atoms with E-state index in [9.17, 15) is 5.11 Å². The highest BCUT2D eigenvalue weighted by Crippen LogP contribution is 2.28. The average Bonchev–Trinajstić information content (AvgIpc) is 2.99. The number of aliphatic hydroxyl groups is 1. The molecule has 2 aromatic heterocycles. The van der Waals surface area contributed by atoms with Gasteiger partial charge in [0.1, 0.15) is 0 Å². The number of aliphatic hydroxyl groups excluding tert-OH is 1. The third kappa shape index (κ3) is 3.48. The molecular weight excluding hydrogens is 270 g/mol. The van der Waals surface area contributed by atoms with Crippen LogP contribution in [0.4, 0.5) is 0 Å². The van der Waals surface area contributed by atoms with E-state index in [4.69, 9.17) is 0 Å². The molecule has 0 fully saturated rings. The first-order chi connectivity index (χ1) is 9.41. The summed E-state index contributed by atoms with van der Waals surface area (Å²) in [5.41, 5.74) is 2.09. The van der Waals surface area contributed by atoms with Crippen molar-refractivity contribution in [1.82, 2.24) is 15.1 Å². The number of hydrogen-bond donors (Lipinski definition) is 2. The lowest BCUT2D eigenvalue weighted by Gasteiger charge is -2.22. The first-order valence-corrected chi connectivity index (χ1v) is 7.70. The second-order valence-corrected chi connectivity index (χ2v) is 7.08. The van der Waals surface area contributed by atoms with Crippen molar-refractivity contribution in [2.75, 3.05) is 6.61 Å². The largest absolute Gasteiger partial charge is 0.394 e. The number of rotatable bonds is 5. The fraction of sp³-hybridized carbons (Fsp3) is 0.533. The summed E-state index contributed by atoms with van der Waals surface area (Å²) in [5.74, 6) is 0. The summed E-state index contributed by atoms with van der Waals surface area (Å²) in [6.45, 7) is 7.27. The molecule has 4 nitrogen and oxygen atoms in total. The summed E-state index contributed by atoms with van der Waals surface area (Å²) in [7, 11) is 1.92. The zero-order valence-electron chi connectivity index (χ0n) is 12.6. The Hall–Kier alpha value is -1.17. The molecule has 0 saturated heterocycles. The van der Waals surface area contributed by atoms with Gasteiger partial charge in [-0.1, -0.05) is 26.8 Å². The minimum absolute atomic E-state index is 0.0331. The third-order valence-electron chi connectivity index (χ3n) is 3.23. The summed E-state index contributed by atoms with van der Waals surface area (Å²) in [6, 6.07) is 4.06. The molecule has 0 aliphatic heterocycles. The number of nitrogens with one attached hydrogen (secondary N) is 1. The van der Waals surface area contributed by atoms with Crippen LogP contribution in [0.15, 0.2) is 23.7 Å². The van der Waals surface area contributed by atoms with E-state index in [-0.39, 0.29) is 18.1 Å². The van der Waals surface area contributed by atoms with Gasteiger partial charge >= 0.3 is 0 Å². The van der Waals surface area contributed by atoms with Crippen molar-refractivity contribution in [3.63, 3.8) is 0 Å². The summed E-state index contributed by atoms with van der Waals surface area (Å²) in [4.78, 5) is 1.27. The second-order valence-electron chi connectivity index (χ2n) is 6.05. The minimum Gasteiger partial charge on any atom is -0.394 e. The highest BCUT2D eigenvalue weighted by Gasteiger charge is 2.26. The topological polar surface area (TPSA) is 50.1 Å². The van der Waals surface area contributed by atoms with Crippen LogP contribution in [-0.4, -0.2) is 21.5 Å². The monoisotopic (exact) mass is 293 g/mol. The van der Waals surface area contributed by atoms with E-state index in [0.717, 1.165) is 17.8 Å². The van der Waals surface area contributed by atoms with E-state index in [2.05, 4.69) is 42.6 Å². The molecule has 1 unspecified atom stereocenters. The zero-order valence-corrected chi connectivity index (χ0v) is 13.4. The summed E-state index contributed by atoms with van der Waals surface area (Å²) >= 11 is 1.72.